The second-order valence-electron chi connectivity index (χ2n) is 3.26. The molecule has 80 valence electrons. The van der Waals surface area contributed by atoms with E-state index in [1.165, 1.54) is 0 Å². The summed E-state index contributed by atoms with van der Waals surface area (Å²) in [4.78, 5) is 4.07. The van der Waals surface area contributed by atoms with Crippen molar-refractivity contribution >= 4 is 0 Å². The largest absolute Gasteiger partial charge is 0.445 e. The first-order chi connectivity index (χ1) is 7.25. The van der Waals surface area contributed by atoms with E-state index in [4.69, 9.17) is 4.42 Å². The van der Waals surface area contributed by atoms with Gasteiger partial charge in [0.2, 0.25) is 5.89 Å². The Morgan fingerprint density at radius 2 is 2.13 bits per heavy atom. The molecule has 0 unspecified atom stereocenters. The van der Waals surface area contributed by atoms with E-state index in [0.717, 1.165) is 17.1 Å². The molecule has 2 rings (SSSR count). The smallest absolute Gasteiger partial charge is 0.208 e. The molecule has 2 aromatic rings. The molecule has 6 heteroatoms. The standard InChI is InChI=1S/C9H12N4O2/c1-6-3-11-9(14-6)5-10-4-8-7(2)12-15-13-8/h3,10H,4-5H2,1-2H3. The van der Waals surface area contributed by atoms with Crippen molar-refractivity contribution in [2.45, 2.75) is 26.9 Å². The van der Waals surface area contributed by atoms with E-state index in [0.29, 0.717) is 19.0 Å². The van der Waals surface area contributed by atoms with Crippen molar-refractivity contribution in [1.82, 2.24) is 20.6 Å². The number of oxazole rings is 1. The van der Waals surface area contributed by atoms with Crippen LogP contribution in [0, 0.1) is 13.8 Å². The highest BCUT2D eigenvalue weighted by Crippen LogP contribution is 2.02. The van der Waals surface area contributed by atoms with Gasteiger partial charge in [-0.1, -0.05) is 10.3 Å². The van der Waals surface area contributed by atoms with Crippen molar-refractivity contribution in [2.24, 2.45) is 0 Å². The minimum Gasteiger partial charge on any atom is -0.445 e. The fourth-order valence-electron chi connectivity index (χ4n) is 1.18. The summed E-state index contributed by atoms with van der Waals surface area (Å²) in [5, 5.41) is 10.6. The van der Waals surface area contributed by atoms with Gasteiger partial charge in [0.05, 0.1) is 12.7 Å². The lowest BCUT2D eigenvalue weighted by atomic mass is 10.3. The van der Waals surface area contributed by atoms with Crippen LogP contribution in [0.5, 0.6) is 0 Å². The molecule has 0 aliphatic carbocycles. The molecule has 0 saturated carbocycles. The second-order valence-corrected chi connectivity index (χ2v) is 3.26. The van der Waals surface area contributed by atoms with Gasteiger partial charge in [-0.2, -0.15) is 0 Å². The van der Waals surface area contributed by atoms with Crippen LogP contribution in [0.25, 0.3) is 0 Å². The predicted molar refractivity (Wildman–Crippen MR) is 50.8 cm³/mol. The highest BCUT2D eigenvalue weighted by atomic mass is 16.6. The van der Waals surface area contributed by atoms with Crippen LogP contribution in [0.2, 0.25) is 0 Å². The van der Waals surface area contributed by atoms with Crippen LogP contribution in [0.4, 0.5) is 0 Å². The summed E-state index contributed by atoms with van der Waals surface area (Å²) in [6.45, 7) is 4.88. The van der Waals surface area contributed by atoms with Crippen LogP contribution in [0.1, 0.15) is 23.0 Å². The minimum absolute atomic E-state index is 0.570. The van der Waals surface area contributed by atoms with Crippen LogP contribution in [-0.2, 0) is 13.1 Å². The quantitative estimate of drug-likeness (QED) is 0.806. The summed E-state index contributed by atoms with van der Waals surface area (Å²) >= 11 is 0. The van der Waals surface area contributed by atoms with Crippen LogP contribution in [-0.4, -0.2) is 15.3 Å². The molecule has 0 amide bonds. The topological polar surface area (TPSA) is 77.0 Å². The van der Waals surface area contributed by atoms with Crippen molar-refractivity contribution in [3.63, 3.8) is 0 Å². The third-order valence-electron chi connectivity index (χ3n) is 1.98. The van der Waals surface area contributed by atoms with Gasteiger partial charge in [-0.15, -0.1) is 0 Å². The van der Waals surface area contributed by atoms with Gasteiger partial charge in [0.1, 0.15) is 17.1 Å². The van der Waals surface area contributed by atoms with Crippen molar-refractivity contribution in [1.29, 1.82) is 0 Å². The average Bonchev–Trinajstić information content (AvgIpc) is 2.77. The van der Waals surface area contributed by atoms with Crippen molar-refractivity contribution in [3.8, 4) is 0 Å². The fraction of sp³-hybridized carbons (Fsp3) is 0.444. The Balaban J connectivity index is 1.83. The lowest BCUT2D eigenvalue weighted by Gasteiger charge is -1.97. The van der Waals surface area contributed by atoms with E-state index in [-0.39, 0.29) is 0 Å². The van der Waals surface area contributed by atoms with E-state index in [9.17, 15) is 0 Å². The van der Waals surface area contributed by atoms with Crippen LogP contribution >= 0.6 is 0 Å². The van der Waals surface area contributed by atoms with E-state index >= 15 is 0 Å². The number of nitrogens with zero attached hydrogens (tertiary/aromatic N) is 3. The van der Waals surface area contributed by atoms with Crippen molar-refractivity contribution < 1.29 is 9.05 Å². The third kappa shape index (κ3) is 2.41. The number of hydrogen-bond acceptors (Lipinski definition) is 6. The molecule has 1 N–H and O–H groups in total. The maximum atomic E-state index is 5.30. The lowest BCUT2D eigenvalue weighted by molar-refractivity contribution is 0.300. The SMILES string of the molecule is Cc1cnc(CNCc2nonc2C)o1. The summed E-state index contributed by atoms with van der Waals surface area (Å²) in [5.74, 6) is 1.48. The Morgan fingerprint density at radius 1 is 1.27 bits per heavy atom. The summed E-state index contributed by atoms with van der Waals surface area (Å²) in [7, 11) is 0. The Bertz CT molecular complexity index is 435. The van der Waals surface area contributed by atoms with E-state index < -0.39 is 0 Å². The Labute approximate surface area is 86.6 Å². The highest BCUT2D eigenvalue weighted by Gasteiger charge is 2.05. The fourth-order valence-corrected chi connectivity index (χ4v) is 1.18. The van der Waals surface area contributed by atoms with Crippen LogP contribution in [0.15, 0.2) is 15.2 Å². The number of rotatable bonds is 4. The number of aromatic nitrogens is 3. The molecule has 0 bridgehead atoms. The molecule has 0 radical (unpaired) electrons. The summed E-state index contributed by atoms with van der Waals surface area (Å²) in [6.07, 6.45) is 1.69. The van der Waals surface area contributed by atoms with Gasteiger partial charge in [-0.05, 0) is 13.8 Å². The molecule has 6 nitrogen and oxygen atoms in total. The second kappa shape index (κ2) is 4.22. The summed E-state index contributed by atoms with van der Waals surface area (Å²) in [6, 6.07) is 0. The normalized spacial score (nSPS) is 10.8. The first kappa shape index (κ1) is 9.85. The molecule has 0 atom stereocenters. The molecular weight excluding hydrogens is 196 g/mol. The van der Waals surface area contributed by atoms with Gasteiger partial charge in [0.15, 0.2) is 0 Å². The summed E-state index contributed by atoms with van der Waals surface area (Å²) < 4.78 is 9.87. The molecule has 2 heterocycles. The monoisotopic (exact) mass is 208 g/mol. The van der Waals surface area contributed by atoms with E-state index in [1.807, 2.05) is 13.8 Å². The zero-order valence-corrected chi connectivity index (χ0v) is 8.65. The average molecular weight is 208 g/mol. The van der Waals surface area contributed by atoms with E-state index in [2.05, 4.69) is 25.2 Å². The molecule has 0 fully saturated rings. The Kier molecular flexibility index (Phi) is 2.77. The molecule has 0 aliphatic rings. The van der Waals surface area contributed by atoms with Gasteiger partial charge < -0.3 is 9.73 Å². The molecule has 0 saturated heterocycles. The zero-order valence-electron chi connectivity index (χ0n) is 8.65. The van der Waals surface area contributed by atoms with Crippen LogP contribution in [0.3, 0.4) is 0 Å². The first-order valence-corrected chi connectivity index (χ1v) is 4.66. The number of hydrogen-bond donors (Lipinski definition) is 1. The third-order valence-corrected chi connectivity index (χ3v) is 1.98. The Hall–Kier alpha value is -1.69. The van der Waals surface area contributed by atoms with Gasteiger partial charge in [-0.25, -0.2) is 9.61 Å². The zero-order chi connectivity index (χ0) is 10.7. The van der Waals surface area contributed by atoms with Crippen molar-refractivity contribution in [2.75, 3.05) is 0 Å². The number of nitrogens with one attached hydrogen (secondary N) is 1. The van der Waals surface area contributed by atoms with Gasteiger partial charge in [0.25, 0.3) is 0 Å². The highest BCUT2D eigenvalue weighted by molar-refractivity contribution is 5.03. The molecule has 0 spiro atoms. The molecule has 0 aliphatic heterocycles. The summed E-state index contributed by atoms with van der Waals surface area (Å²) in [5.41, 5.74) is 1.60. The van der Waals surface area contributed by atoms with E-state index in [1.54, 1.807) is 6.20 Å². The van der Waals surface area contributed by atoms with Gasteiger partial charge >= 0.3 is 0 Å². The van der Waals surface area contributed by atoms with Gasteiger partial charge in [0, 0.05) is 6.54 Å². The minimum atomic E-state index is 0.570. The first-order valence-electron chi connectivity index (χ1n) is 4.66. The van der Waals surface area contributed by atoms with Crippen molar-refractivity contribution in [3.05, 3.63) is 29.2 Å². The lowest BCUT2D eigenvalue weighted by Crippen LogP contribution is -2.13. The maximum absolute atomic E-state index is 5.30. The predicted octanol–water partition coefficient (Wildman–Crippen LogP) is 0.964. The maximum Gasteiger partial charge on any atom is 0.208 e. The number of aryl methyl sites for hydroxylation is 2. The van der Waals surface area contributed by atoms with Gasteiger partial charge in [-0.3, -0.25) is 0 Å². The van der Waals surface area contributed by atoms with Crippen LogP contribution < -0.4 is 5.32 Å². The molecular formula is C9H12N4O2. The molecule has 2 aromatic heterocycles. The Morgan fingerprint density at radius 3 is 2.73 bits per heavy atom. The molecule has 0 aromatic carbocycles. The molecule has 15 heavy (non-hydrogen) atoms.